The van der Waals surface area contributed by atoms with Crippen LogP contribution in [0.5, 0.6) is 0 Å². The second-order valence-electron chi connectivity index (χ2n) is 4.44. The number of rotatable bonds is 1. The van der Waals surface area contributed by atoms with E-state index in [1.165, 1.54) is 0 Å². The highest BCUT2D eigenvalue weighted by Crippen LogP contribution is 2.28. The summed E-state index contributed by atoms with van der Waals surface area (Å²) in [5.41, 5.74) is 3.77. The van der Waals surface area contributed by atoms with E-state index in [0.717, 1.165) is 22.5 Å². The maximum atomic E-state index is 11.9. The van der Waals surface area contributed by atoms with Gasteiger partial charge in [-0.05, 0) is 42.8 Å². The number of nitrogens with zero attached hydrogens (tertiary/aromatic N) is 1. The van der Waals surface area contributed by atoms with Crippen LogP contribution < -0.4 is 5.32 Å². The highest BCUT2D eigenvalue weighted by atomic mass is 35.5. The number of anilines is 1. The average Bonchev–Trinajstić information content (AvgIpc) is 2.66. The van der Waals surface area contributed by atoms with Crippen molar-refractivity contribution in [3.8, 4) is 0 Å². The predicted octanol–water partition coefficient (Wildman–Crippen LogP) is 3.72. The summed E-state index contributed by atoms with van der Waals surface area (Å²) in [6, 6.07) is 13.0. The quantitative estimate of drug-likeness (QED) is 0.843. The fourth-order valence-corrected chi connectivity index (χ4v) is 2.23. The number of carbonyl (C=O) groups excluding carboxylic acids is 1. The van der Waals surface area contributed by atoms with Crippen LogP contribution in [0.4, 0.5) is 11.4 Å². The Kier molecular flexibility index (Phi) is 2.84. The van der Waals surface area contributed by atoms with Crippen molar-refractivity contribution in [3.63, 3.8) is 0 Å². The highest BCUT2D eigenvalue weighted by molar-refractivity contribution is 6.54. The van der Waals surface area contributed by atoms with Crippen molar-refractivity contribution in [3.05, 3.63) is 58.6 Å². The molecular weight excluding hydrogens is 260 g/mol. The molecule has 19 heavy (non-hydrogen) atoms. The molecule has 3 nitrogen and oxygen atoms in total. The van der Waals surface area contributed by atoms with Gasteiger partial charge in [-0.1, -0.05) is 23.7 Å². The zero-order valence-electron chi connectivity index (χ0n) is 10.3. The summed E-state index contributed by atoms with van der Waals surface area (Å²) >= 11 is 5.97. The van der Waals surface area contributed by atoms with Crippen LogP contribution >= 0.6 is 11.6 Å². The summed E-state index contributed by atoms with van der Waals surface area (Å²) in [5, 5.41) is 3.37. The summed E-state index contributed by atoms with van der Waals surface area (Å²) in [7, 11) is 0. The zero-order valence-corrected chi connectivity index (χ0v) is 11.0. The Morgan fingerprint density at radius 3 is 2.79 bits per heavy atom. The molecule has 0 atom stereocenters. The van der Waals surface area contributed by atoms with Crippen molar-refractivity contribution in [2.24, 2.45) is 4.99 Å². The lowest BCUT2D eigenvalue weighted by atomic mass is 10.1. The smallest absolute Gasteiger partial charge is 0.275 e. The Balaban J connectivity index is 2.11. The zero-order chi connectivity index (χ0) is 13.4. The van der Waals surface area contributed by atoms with Crippen LogP contribution in [0.25, 0.3) is 0 Å². The van der Waals surface area contributed by atoms with Crippen LogP contribution in [0.1, 0.15) is 11.1 Å². The number of halogens is 1. The molecule has 1 heterocycles. The summed E-state index contributed by atoms with van der Waals surface area (Å²) in [6.45, 7) is 1.99. The lowest BCUT2D eigenvalue weighted by Crippen LogP contribution is -2.13. The molecule has 0 aliphatic carbocycles. The van der Waals surface area contributed by atoms with Gasteiger partial charge in [0.15, 0.2) is 0 Å². The standard InChI is InChI=1S/C15H11ClN2O/c1-9-3-2-4-11(7-9)17-14-12-8-10(16)5-6-13(12)18-15(14)19/h2-8H,1H3,(H,17,18,19). The van der Waals surface area contributed by atoms with Crippen LogP contribution in [0, 0.1) is 6.92 Å². The van der Waals surface area contributed by atoms with Crippen LogP contribution in [0.15, 0.2) is 47.5 Å². The number of fused-ring (bicyclic) bond motifs is 1. The molecule has 0 fully saturated rings. The lowest BCUT2D eigenvalue weighted by molar-refractivity contribution is -0.110. The third-order valence-corrected chi connectivity index (χ3v) is 3.18. The van der Waals surface area contributed by atoms with Crippen LogP contribution in [-0.2, 0) is 4.79 Å². The molecule has 0 aromatic heterocycles. The van der Waals surface area contributed by atoms with E-state index in [1.54, 1.807) is 18.2 Å². The molecule has 2 aromatic carbocycles. The number of aliphatic imine (C=N–C) groups is 1. The van der Waals surface area contributed by atoms with Gasteiger partial charge >= 0.3 is 0 Å². The summed E-state index contributed by atoms with van der Waals surface area (Å²) in [4.78, 5) is 16.4. The molecule has 3 rings (SSSR count). The summed E-state index contributed by atoms with van der Waals surface area (Å²) < 4.78 is 0. The molecule has 1 amide bonds. The molecule has 1 aliphatic rings. The molecule has 0 bridgehead atoms. The van der Waals surface area contributed by atoms with Gasteiger partial charge in [-0.3, -0.25) is 4.79 Å². The number of nitrogens with one attached hydrogen (secondary N) is 1. The third kappa shape index (κ3) is 2.25. The monoisotopic (exact) mass is 270 g/mol. The van der Waals surface area contributed by atoms with Gasteiger partial charge in [0, 0.05) is 10.6 Å². The molecule has 1 N–H and O–H groups in total. The molecular formula is C15H11ClN2O. The van der Waals surface area contributed by atoms with Gasteiger partial charge in [0.25, 0.3) is 5.91 Å². The Morgan fingerprint density at radius 1 is 1.16 bits per heavy atom. The molecule has 0 saturated carbocycles. The maximum absolute atomic E-state index is 11.9. The van der Waals surface area contributed by atoms with E-state index in [0.29, 0.717) is 10.7 Å². The van der Waals surface area contributed by atoms with E-state index in [-0.39, 0.29) is 5.91 Å². The van der Waals surface area contributed by atoms with Gasteiger partial charge in [0.1, 0.15) is 5.71 Å². The molecule has 0 saturated heterocycles. The molecule has 0 radical (unpaired) electrons. The van der Waals surface area contributed by atoms with Crippen LogP contribution in [-0.4, -0.2) is 11.6 Å². The minimum Gasteiger partial charge on any atom is -0.320 e. The van der Waals surface area contributed by atoms with Gasteiger partial charge in [-0.2, -0.15) is 0 Å². The molecule has 1 aliphatic heterocycles. The number of amides is 1. The Bertz CT molecular complexity index is 707. The van der Waals surface area contributed by atoms with Crippen molar-refractivity contribution in [1.82, 2.24) is 0 Å². The Hall–Kier alpha value is -2.13. The fraction of sp³-hybridized carbons (Fsp3) is 0.0667. The topological polar surface area (TPSA) is 41.5 Å². The Morgan fingerprint density at radius 2 is 2.00 bits per heavy atom. The molecule has 94 valence electrons. The highest BCUT2D eigenvalue weighted by Gasteiger charge is 2.25. The minimum atomic E-state index is -0.196. The second kappa shape index (κ2) is 4.52. The Labute approximate surface area is 115 Å². The first-order valence-corrected chi connectivity index (χ1v) is 6.28. The molecule has 0 spiro atoms. The fourth-order valence-electron chi connectivity index (χ4n) is 2.06. The second-order valence-corrected chi connectivity index (χ2v) is 4.88. The normalized spacial score (nSPS) is 15.5. The van der Waals surface area contributed by atoms with E-state index in [1.807, 2.05) is 31.2 Å². The number of hydrogen-bond acceptors (Lipinski definition) is 2. The summed E-state index contributed by atoms with van der Waals surface area (Å²) in [5.74, 6) is -0.196. The first-order valence-electron chi connectivity index (χ1n) is 5.90. The van der Waals surface area contributed by atoms with Gasteiger partial charge in [0.2, 0.25) is 0 Å². The van der Waals surface area contributed by atoms with Crippen LogP contribution in [0.3, 0.4) is 0 Å². The lowest BCUT2D eigenvalue weighted by Gasteiger charge is -1.99. The largest absolute Gasteiger partial charge is 0.320 e. The van der Waals surface area contributed by atoms with E-state index in [4.69, 9.17) is 11.6 Å². The molecule has 4 heteroatoms. The van der Waals surface area contributed by atoms with Crippen molar-refractivity contribution in [2.45, 2.75) is 6.92 Å². The van der Waals surface area contributed by atoms with E-state index >= 15 is 0 Å². The van der Waals surface area contributed by atoms with Crippen molar-refractivity contribution in [1.29, 1.82) is 0 Å². The third-order valence-electron chi connectivity index (χ3n) is 2.94. The number of benzene rings is 2. The number of aryl methyl sites for hydroxylation is 1. The first-order chi connectivity index (χ1) is 9.13. The molecule has 0 unspecified atom stereocenters. The summed E-state index contributed by atoms with van der Waals surface area (Å²) in [6.07, 6.45) is 0. The SMILES string of the molecule is Cc1cccc(N=C2C(=O)Nc3ccc(Cl)cc32)c1. The number of hydrogen-bond donors (Lipinski definition) is 1. The van der Waals surface area contributed by atoms with E-state index in [2.05, 4.69) is 10.3 Å². The van der Waals surface area contributed by atoms with Crippen molar-refractivity contribution in [2.75, 3.05) is 5.32 Å². The van der Waals surface area contributed by atoms with Gasteiger partial charge in [-0.15, -0.1) is 0 Å². The number of carbonyl (C=O) groups is 1. The van der Waals surface area contributed by atoms with Crippen LogP contribution in [0.2, 0.25) is 5.02 Å². The minimum absolute atomic E-state index is 0.196. The van der Waals surface area contributed by atoms with Gasteiger partial charge in [0.05, 0.1) is 11.4 Å². The van der Waals surface area contributed by atoms with E-state index < -0.39 is 0 Å². The van der Waals surface area contributed by atoms with Crippen molar-refractivity contribution >= 4 is 34.6 Å². The van der Waals surface area contributed by atoms with Gasteiger partial charge < -0.3 is 5.32 Å². The van der Waals surface area contributed by atoms with Crippen molar-refractivity contribution < 1.29 is 4.79 Å². The maximum Gasteiger partial charge on any atom is 0.275 e. The first kappa shape index (κ1) is 11.9. The van der Waals surface area contributed by atoms with Gasteiger partial charge in [-0.25, -0.2) is 4.99 Å². The van der Waals surface area contributed by atoms with E-state index in [9.17, 15) is 4.79 Å². The average molecular weight is 271 g/mol. The molecule has 2 aromatic rings. The predicted molar refractivity (Wildman–Crippen MR) is 77.5 cm³/mol.